The van der Waals surface area contributed by atoms with Crippen molar-refractivity contribution in [1.82, 2.24) is 15.6 Å². The lowest BCUT2D eigenvalue weighted by atomic mass is 9.98. The van der Waals surface area contributed by atoms with E-state index >= 15 is 0 Å². The normalized spacial score (nSPS) is 14.0. The van der Waals surface area contributed by atoms with Crippen molar-refractivity contribution in [1.29, 1.82) is 0 Å². The molecule has 0 saturated heterocycles. The number of carboxylic acids is 1. The molecule has 0 aliphatic heterocycles. The molecule has 4 rings (SSSR count). The number of aromatic nitrogens is 1. The number of ether oxygens (including phenoxy) is 1. The summed E-state index contributed by atoms with van der Waals surface area (Å²) in [6.07, 6.45) is 0.957. The van der Waals surface area contributed by atoms with Crippen LogP contribution in [0.15, 0.2) is 60.2 Å². The average Bonchev–Trinajstić information content (AvgIpc) is 3.46. The minimum Gasteiger partial charge on any atom is -0.480 e. The molecule has 1 aliphatic rings. The largest absolute Gasteiger partial charge is 0.480 e. The van der Waals surface area contributed by atoms with Gasteiger partial charge in [0.05, 0.1) is 5.51 Å². The summed E-state index contributed by atoms with van der Waals surface area (Å²) in [6, 6.07) is 14.0. The third kappa shape index (κ3) is 5.51. The number of thiazole rings is 1. The summed E-state index contributed by atoms with van der Waals surface area (Å²) in [7, 11) is 0. The first kappa shape index (κ1) is 24.4. The summed E-state index contributed by atoms with van der Waals surface area (Å²) in [5.41, 5.74) is 6.03. The third-order valence-electron chi connectivity index (χ3n) is 6.07. The Kier molecular flexibility index (Phi) is 7.45. The molecule has 1 aliphatic carbocycles. The van der Waals surface area contributed by atoms with Crippen molar-refractivity contribution in [2.75, 3.05) is 6.61 Å². The molecule has 0 spiro atoms. The molecule has 0 bridgehead atoms. The number of hydrogen-bond acceptors (Lipinski definition) is 6. The number of benzene rings is 2. The average molecular weight is 494 g/mol. The number of carbonyl (C=O) groups excluding carboxylic acids is 2. The van der Waals surface area contributed by atoms with Crippen LogP contribution in [0, 0.1) is 5.92 Å². The molecular formula is C26H27N3O5S. The van der Waals surface area contributed by atoms with Crippen molar-refractivity contribution in [2.45, 2.75) is 38.3 Å². The van der Waals surface area contributed by atoms with E-state index in [0.29, 0.717) is 0 Å². The molecule has 2 amide bonds. The maximum atomic E-state index is 12.9. The first-order valence-corrected chi connectivity index (χ1v) is 12.2. The van der Waals surface area contributed by atoms with E-state index in [1.807, 2.05) is 36.4 Å². The Hall–Kier alpha value is -3.72. The zero-order valence-corrected chi connectivity index (χ0v) is 20.2. The van der Waals surface area contributed by atoms with Crippen molar-refractivity contribution < 1.29 is 24.2 Å². The highest BCUT2D eigenvalue weighted by Crippen LogP contribution is 2.44. The van der Waals surface area contributed by atoms with Crippen LogP contribution in [0.25, 0.3) is 11.1 Å². The molecular weight excluding hydrogens is 466 g/mol. The van der Waals surface area contributed by atoms with Crippen LogP contribution in [-0.2, 0) is 20.7 Å². The quantitative estimate of drug-likeness (QED) is 0.417. The fourth-order valence-electron chi connectivity index (χ4n) is 4.31. The number of amides is 2. The van der Waals surface area contributed by atoms with Crippen LogP contribution in [0.4, 0.5) is 4.79 Å². The van der Waals surface area contributed by atoms with Crippen molar-refractivity contribution in [3.8, 4) is 11.1 Å². The first-order valence-electron chi connectivity index (χ1n) is 11.4. The fourth-order valence-corrected chi connectivity index (χ4v) is 4.95. The minimum absolute atomic E-state index is 0.102. The Morgan fingerprint density at radius 3 is 2.20 bits per heavy atom. The molecule has 1 heterocycles. The Balaban J connectivity index is 1.39. The number of carbonyl (C=O) groups is 3. The number of nitrogens with zero attached hydrogens (tertiary/aromatic N) is 1. The number of carboxylic acid groups (broad SMARTS) is 1. The topological polar surface area (TPSA) is 118 Å². The zero-order valence-electron chi connectivity index (χ0n) is 19.4. The van der Waals surface area contributed by atoms with Crippen LogP contribution in [0.1, 0.15) is 35.8 Å². The molecule has 2 atom stereocenters. The van der Waals surface area contributed by atoms with E-state index in [1.165, 1.54) is 11.3 Å². The van der Waals surface area contributed by atoms with E-state index in [9.17, 15) is 19.5 Å². The van der Waals surface area contributed by atoms with Crippen LogP contribution in [0.5, 0.6) is 0 Å². The predicted molar refractivity (Wildman–Crippen MR) is 132 cm³/mol. The van der Waals surface area contributed by atoms with Crippen LogP contribution >= 0.6 is 11.3 Å². The second-order valence-electron chi connectivity index (χ2n) is 8.76. The standard InChI is InChI=1S/C26H27N3O5S/c1-15(2)23(24(30)28-22(25(31)32)11-16-12-27-14-35-16)29-26(33)34-13-21-19-9-5-3-7-17(19)18-8-4-6-10-20(18)21/h3-10,12,14-15,21-23H,11,13H2,1-2H3,(H,28,30)(H,29,33)(H,31,32). The molecule has 2 unspecified atom stereocenters. The molecule has 35 heavy (non-hydrogen) atoms. The lowest BCUT2D eigenvalue weighted by molar-refractivity contribution is -0.142. The SMILES string of the molecule is CC(C)C(NC(=O)OCC1c2ccccc2-c2ccccc21)C(=O)NC(Cc1cncs1)C(=O)O. The van der Waals surface area contributed by atoms with Crippen LogP contribution < -0.4 is 10.6 Å². The Morgan fingerprint density at radius 2 is 1.66 bits per heavy atom. The number of nitrogens with one attached hydrogen (secondary N) is 2. The molecule has 2 aromatic carbocycles. The van der Waals surface area contributed by atoms with E-state index in [0.717, 1.165) is 27.1 Å². The van der Waals surface area contributed by atoms with Gasteiger partial charge in [0, 0.05) is 23.4 Å². The van der Waals surface area contributed by atoms with Crippen molar-refractivity contribution >= 4 is 29.3 Å². The van der Waals surface area contributed by atoms with Gasteiger partial charge in [0.15, 0.2) is 0 Å². The van der Waals surface area contributed by atoms with Gasteiger partial charge in [-0.05, 0) is 28.2 Å². The van der Waals surface area contributed by atoms with Crippen LogP contribution in [0.3, 0.4) is 0 Å². The highest BCUT2D eigenvalue weighted by molar-refractivity contribution is 7.09. The Bertz CT molecular complexity index is 1170. The molecule has 0 fully saturated rings. The number of fused-ring (bicyclic) bond motifs is 3. The lowest BCUT2D eigenvalue weighted by Crippen LogP contribution is -2.54. The molecule has 182 valence electrons. The van der Waals surface area contributed by atoms with Gasteiger partial charge in [0.25, 0.3) is 0 Å². The lowest BCUT2D eigenvalue weighted by Gasteiger charge is -2.24. The molecule has 1 aromatic heterocycles. The van der Waals surface area contributed by atoms with Gasteiger partial charge in [-0.2, -0.15) is 0 Å². The highest BCUT2D eigenvalue weighted by atomic mass is 32.1. The second kappa shape index (κ2) is 10.7. The number of rotatable bonds is 9. The molecule has 3 aromatic rings. The maximum Gasteiger partial charge on any atom is 0.407 e. The zero-order chi connectivity index (χ0) is 24.9. The number of hydrogen-bond donors (Lipinski definition) is 3. The number of aliphatic carboxylic acids is 1. The van der Waals surface area contributed by atoms with Gasteiger partial charge in [-0.1, -0.05) is 62.4 Å². The Labute approximate surface area is 207 Å². The van der Waals surface area contributed by atoms with Crippen LogP contribution in [-0.4, -0.2) is 46.8 Å². The van der Waals surface area contributed by atoms with Gasteiger partial charge in [0.1, 0.15) is 18.7 Å². The van der Waals surface area contributed by atoms with Crippen molar-refractivity contribution in [3.05, 3.63) is 76.2 Å². The van der Waals surface area contributed by atoms with Gasteiger partial charge in [-0.15, -0.1) is 11.3 Å². The summed E-state index contributed by atoms with van der Waals surface area (Å²) < 4.78 is 5.56. The maximum absolute atomic E-state index is 12.9. The number of alkyl carbamates (subject to hydrolysis) is 1. The monoisotopic (exact) mass is 493 g/mol. The smallest absolute Gasteiger partial charge is 0.407 e. The van der Waals surface area contributed by atoms with Crippen molar-refractivity contribution in [3.63, 3.8) is 0 Å². The van der Waals surface area contributed by atoms with Crippen LogP contribution in [0.2, 0.25) is 0 Å². The van der Waals surface area contributed by atoms with Gasteiger partial charge in [-0.3, -0.25) is 9.78 Å². The summed E-state index contributed by atoms with van der Waals surface area (Å²) in [5.74, 6) is -2.12. The van der Waals surface area contributed by atoms with Gasteiger partial charge < -0.3 is 20.5 Å². The van der Waals surface area contributed by atoms with E-state index in [1.54, 1.807) is 25.6 Å². The molecule has 8 nitrogen and oxygen atoms in total. The second-order valence-corrected chi connectivity index (χ2v) is 9.73. The highest BCUT2D eigenvalue weighted by Gasteiger charge is 2.32. The third-order valence-corrected chi connectivity index (χ3v) is 6.87. The molecule has 3 N–H and O–H groups in total. The fraction of sp³-hybridized carbons (Fsp3) is 0.308. The summed E-state index contributed by atoms with van der Waals surface area (Å²) in [6.45, 7) is 3.66. The molecule has 9 heteroatoms. The van der Waals surface area contributed by atoms with E-state index in [4.69, 9.17) is 4.74 Å². The summed E-state index contributed by atoms with van der Waals surface area (Å²) in [4.78, 5) is 41.9. The summed E-state index contributed by atoms with van der Waals surface area (Å²) >= 11 is 1.31. The van der Waals surface area contributed by atoms with Gasteiger partial charge in [-0.25, -0.2) is 9.59 Å². The minimum atomic E-state index is -1.16. The summed E-state index contributed by atoms with van der Waals surface area (Å²) in [5, 5.41) is 14.7. The van der Waals surface area contributed by atoms with Crippen molar-refractivity contribution in [2.24, 2.45) is 5.92 Å². The van der Waals surface area contributed by atoms with Gasteiger partial charge in [0.2, 0.25) is 5.91 Å². The predicted octanol–water partition coefficient (Wildman–Crippen LogP) is 3.82. The Morgan fingerprint density at radius 1 is 1.03 bits per heavy atom. The van der Waals surface area contributed by atoms with Gasteiger partial charge >= 0.3 is 12.1 Å². The molecule has 0 radical (unpaired) electrons. The van der Waals surface area contributed by atoms with E-state index in [-0.39, 0.29) is 24.9 Å². The first-order chi connectivity index (χ1) is 16.8. The van der Waals surface area contributed by atoms with E-state index < -0.39 is 30.1 Å². The van der Waals surface area contributed by atoms with E-state index in [2.05, 4.69) is 27.8 Å². The molecule has 0 saturated carbocycles.